The summed E-state index contributed by atoms with van der Waals surface area (Å²) in [5.74, 6) is 0.0427. The van der Waals surface area contributed by atoms with Gasteiger partial charge in [0.25, 0.3) is 12.3 Å². The molecule has 1 amide bonds. The summed E-state index contributed by atoms with van der Waals surface area (Å²) in [6, 6.07) is 6.15. The number of halogens is 2. The Kier molecular flexibility index (Phi) is 5.51. The molecular formula is C12H15F2NO3. The summed E-state index contributed by atoms with van der Waals surface area (Å²) in [5, 5.41) is 8.77. The van der Waals surface area contributed by atoms with Gasteiger partial charge in [-0.25, -0.2) is 8.78 Å². The van der Waals surface area contributed by atoms with E-state index in [2.05, 4.69) is 0 Å². The number of alkyl halides is 2. The SMILES string of the molecule is COc1ccc(C(=O)N(CCO)CC(F)F)cc1. The van der Waals surface area contributed by atoms with E-state index in [4.69, 9.17) is 9.84 Å². The first kappa shape index (κ1) is 14.4. The molecule has 1 N–H and O–H groups in total. The van der Waals surface area contributed by atoms with E-state index in [-0.39, 0.29) is 18.7 Å². The standard InChI is InChI=1S/C12H15F2NO3/c1-18-10-4-2-9(3-5-10)12(17)15(6-7-16)8-11(13)14/h2-5,11,16H,6-8H2,1H3. The van der Waals surface area contributed by atoms with Crippen LogP contribution < -0.4 is 4.74 Å². The molecule has 0 bridgehead atoms. The number of rotatable bonds is 6. The molecule has 0 aromatic heterocycles. The van der Waals surface area contributed by atoms with Crippen molar-refractivity contribution in [1.82, 2.24) is 4.90 Å². The number of aliphatic hydroxyl groups excluding tert-OH is 1. The molecule has 0 atom stereocenters. The maximum Gasteiger partial charge on any atom is 0.255 e. The molecule has 1 aromatic carbocycles. The van der Waals surface area contributed by atoms with Crippen molar-refractivity contribution in [3.05, 3.63) is 29.8 Å². The van der Waals surface area contributed by atoms with Crippen LogP contribution in [0.1, 0.15) is 10.4 Å². The molecule has 100 valence electrons. The lowest BCUT2D eigenvalue weighted by molar-refractivity contribution is 0.0509. The van der Waals surface area contributed by atoms with Crippen molar-refractivity contribution >= 4 is 5.91 Å². The van der Waals surface area contributed by atoms with E-state index in [1.807, 2.05) is 0 Å². The monoisotopic (exact) mass is 259 g/mol. The van der Waals surface area contributed by atoms with Crippen LogP contribution in [0.25, 0.3) is 0 Å². The van der Waals surface area contributed by atoms with Crippen molar-refractivity contribution in [1.29, 1.82) is 0 Å². The van der Waals surface area contributed by atoms with Crippen molar-refractivity contribution in [2.75, 3.05) is 26.8 Å². The Bertz CT molecular complexity index is 381. The normalized spacial score (nSPS) is 10.5. The zero-order valence-electron chi connectivity index (χ0n) is 9.97. The van der Waals surface area contributed by atoms with E-state index >= 15 is 0 Å². The van der Waals surface area contributed by atoms with Crippen molar-refractivity contribution in [2.45, 2.75) is 6.43 Å². The third kappa shape index (κ3) is 3.96. The minimum absolute atomic E-state index is 0.116. The van der Waals surface area contributed by atoms with Crippen LogP contribution in [0, 0.1) is 0 Å². The van der Waals surface area contributed by atoms with Crippen molar-refractivity contribution < 1.29 is 23.4 Å². The van der Waals surface area contributed by atoms with Crippen molar-refractivity contribution in [3.8, 4) is 5.75 Å². The highest BCUT2D eigenvalue weighted by Gasteiger charge is 2.19. The van der Waals surface area contributed by atoms with Gasteiger partial charge in [0.15, 0.2) is 0 Å². The quantitative estimate of drug-likeness (QED) is 0.840. The predicted octanol–water partition coefficient (Wildman–Crippen LogP) is 1.39. The van der Waals surface area contributed by atoms with Gasteiger partial charge in [-0.15, -0.1) is 0 Å². The molecule has 4 nitrogen and oxygen atoms in total. The number of aliphatic hydroxyl groups is 1. The molecule has 18 heavy (non-hydrogen) atoms. The van der Waals surface area contributed by atoms with E-state index in [1.54, 1.807) is 12.1 Å². The van der Waals surface area contributed by atoms with Gasteiger partial charge in [-0.1, -0.05) is 0 Å². The van der Waals surface area contributed by atoms with Crippen LogP contribution in [0.3, 0.4) is 0 Å². The number of hydrogen-bond acceptors (Lipinski definition) is 3. The van der Waals surface area contributed by atoms with Crippen LogP contribution in [0.5, 0.6) is 5.75 Å². The van der Waals surface area contributed by atoms with Crippen LogP contribution in [-0.4, -0.2) is 49.1 Å². The lowest BCUT2D eigenvalue weighted by Crippen LogP contribution is -2.37. The average Bonchev–Trinajstić information content (AvgIpc) is 2.37. The van der Waals surface area contributed by atoms with Gasteiger partial charge < -0.3 is 14.7 Å². The molecule has 0 heterocycles. The molecular weight excluding hydrogens is 244 g/mol. The molecule has 0 fully saturated rings. The topological polar surface area (TPSA) is 49.8 Å². The fourth-order valence-electron chi connectivity index (χ4n) is 1.48. The number of amides is 1. The molecule has 0 aliphatic rings. The van der Waals surface area contributed by atoms with Gasteiger partial charge in [-0.3, -0.25) is 4.79 Å². The largest absolute Gasteiger partial charge is 0.497 e. The second-order valence-corrected chi connectivity index (χ2v) is 3.59. The van der Waals surface area contributed by atoms with Crippen molar-refractivity contribution in [2.24, 2.45) is 0 Å². The highest BCUT2D eigenvalue weighted by atomic mass is 19.3. The Balaban J connectivity index is 2.80. The lowest BCUT2D eigenvalue weighted by Gasteiger charge is -2.21. The summed E-state index contributed by atoms with van der Waals surface area (Å²) in [4.78, 5) is 12.8. The number of methoxy groups -OCH3 is 1. The van der Waals surface area contributed by atoms with E-state index in [9.17, 15) is 13.6 Å². The zero-order chi connectivity index (χ0) is 13.5. The summed E-state index contributed by atoms with van der Waals surface area (Å²) in [6.07, 6.45) is -2.63. The highest BCUT2D eigenvalue weighted by molar-refractivity contribution is 5.94. The summed E-state index contributed by atoms with van der Waals surface area (Å²) >= 11 is 0. The molecule has 0 spiro atoms. The van der Waals surface area contributed by atoms with Gasteiger partial charge in [-0.05, 0) is 24.3 Å². The summed E-state index contributed by atoms with van der Waals surface area (Å²) in [7, 11) is 1.49. The molecule has 6 heteroatoms. The Labute approximate surface area is 104 Å². The molecule has 0 radical (unpaired) electrons. The second-order valence-electron chi connectivity index (χ2n) is 3.59. The summed E-state index contributed by atoms with van der Waals surface area (Å²) in [6.45, 7) is -1.16. The third-order valence-electron chi connectivity index (χ3n) is 2.35. The Morgan fingerprint density at radius 3 is 2.44 bits per heavy atom. The van der Waals surface area contributed by atoms with Crippen LogP contribution in [0.15, 0.2) is 24.3 Å². The first-order valence-electron chi connectivity index (χ1n) is 5.40. The number of carbonyl (C=O) groups is 1. The maximum absolute atomic E-state index is 12.3. The van der Waals surface area contributed by atoms with Gasteiger partial charge in [-0.2, -0.15) is 0 Å². The molecule has 0 unspecified atom stereocenters. The predicted molar refractivity (Wildman–Crippen MR) is 62.0 cm³/mol. The summed E-state index contributed by atoms with van der Waals surface area (Å²) < 4.78 is 29.6. The lowest BCUT2D eigenvalue weighted by atomic mass is 10.2. The van der Waals surface area contributed by atoms with Gasteiger partial charge in [0.1, 0.15) is 5.75 Å². The molecule has 1 aromatic rings. The number of benzene rings is 1. The average molecular weight is 259 g/mol. The summed E-state index contributed by atoms with van der Waals surface area (Å²) in [5.41, 5.74) is 0.282. The van der Waals surface area contributed by atoms with Gasteiger partial charge in [0.2, 0.25) is 0 Å². The van der Waals surface area contributed by atoms with Gasteiger partial charge in [0.05, 0.1) is 20.3 Å². The fourth-order valence-corrected chi connectivity index (χ4v) is 1.48. The smallest absolute Gasteiger partial charge is 0.255 e. The van der Waals surface area contributed by atoms with E-state index in [1.165, 1.54) is 19.2 Å². The number of hydrogen-bond donors (Lipinski definition) is 1. The van der Waals surface area contributed by atoms with Crippen LogP contribution in [-0.2, 0) is 0 Å². The molecule has 0 aliphatic heterocycles. The minimum atomic E-state index is -2.63. The first-order valence-corrected chi connectivity index (χ1v) is 5.40. The molecule has 0 saturated carbocycles. The number of ether oxygens (including phenoxy) is 1. The number of carbonyl (C=O) groups excluding carboxylic acids is 1. The Morgan fingerprint density at radius 1 is 1.39 bits per heavy atom. The van der Waals surface area contributed by atoms with E-state index in [0.29, 0.717) is 5.75 Å². The van der Waals surface area contributed by atoms with E-state index in [0.717, 1.165) is 4.90 Å². The molecule has 1 rings (SSSR count). The highest BCUT2D eigenvalue weighted by Crippen LogP contribution is 2.13. The zero-order valence-corrected chi connectivity index (χ0v) is 9.97. The van der Waals surface area contributed by atoms with Crippen LogP contribution in [0.4, 0.5) is 8.78 Å². The Hall–Kier alpha value is -1.69. The minimum Gasteiger partial charge on any atom is -0.497 e. The maximum atomic E-state index is 12.3. The van der Waals surface area contributed by atoms with Gasteiger partial charge in [0, 0.05) is 12.1 Å². The molecule has 0 saturated heterocycles. The second kappa shape index (κ2) is 6.90. The van der Waals surface area contributed by atoms with Crippen LogP contribution in [0.2, 0.25) is 0 Å². The molecule has 0 aliphatic carbocycles. The third-order valence-corrected chi connectivity index (χ3v) is 2.35. The Morgan fingerprint density at radius 2 is 2.00 bits per heavy atom. The first-order chi connectivity index (χ1) is 8.58. The number of nitrogens with zero attached hydrogens (tertiary/aromatic N) is 1. The fraction of sp³-hybridized carbons (Fsp3) is 0.417. The van der Waals surface area contributed by atoms with Crippen molar-refractivity contribution in [3.63, 3.8) is 0 Å². The van der Waals surface area contributed by atoms with E-state index < -0.39 is 18.9 Å². The van der Waals surface area contributed by atoms with Gasteiger partial charge >= 0.3 is 0 Å². The van der Waals surface area contributed by atoms with Crippen LogP contribution >= 0.6 is 0 Å².